The van der Waals surface area contributed by atoms with Gasteiger partial charge < -0.3 is 4.74 Å². The van der Waals surface area contributed by atoms with Gasteiger partial charge in [-0.1, -0.05) is 0 Å². The van der Waals surface area contributed by atoms with E-state index in [2.05, 4.69) is 9.98 Å². The quantitative estimate of drug-likeness (QED) is 0.501. The average molecular weight is 164 g/mol. The van der Waals surface area contributed by atoms with E-state index in [4.69, 9.17) is 4.74 Å². The van der Waals surface area contributed by atoms with E-state index < -0.39 is 0 Å². The van der Waals surface area contributed by atoms with Gasteiger partial charge in [-0.2, -0.15) is 4.99 Å². The Hall–Kier alpha value is -1.67. The molecule has 0 fully saturated rings. The summed E-state index contributed by atoms with van der Waals surface area (Å²) in [5.74, 6) is 0.364. The Morgan fingerprint density at radius 2 is 2.58 bits per heavy atom. The van der Waals surface area contributed by atoms with Crippen LogP contribution in [0.5, 0.6) is 5.88 Å². The van der Waals surface area contributed by atoms with Crippen molar-refractivity contribution in [1.82, 2.24) is 4.98 Å². The fourth-order valence-electron chi connectivity index (χ4n) is 0.765. The molecule has 4 nitrogen and oxygen atoms in total. The molecule has 0 spiro atoms. The van der Waals surface area contributed by atoms with Gasteiger partial charge in [0, 0.05) is 6.20 Å². The second kappa shape index (κ2) is 4.26. The molecule has 1 aromatic rings. The van der Waals surface area contributed by atoms with Crippen LogP contribution in [-0.4, -0.2) is 17.7 Å². The second-order valence-corrected chi connectivity index (χ2v) is 1.96. The number of carbonyl (C=O) groups excluding carboxylic acids is 1. The predicted octanol–water partition coefficient (Wildman–Crippen LogP) is 1.45. The van der Waals surface area contributed by atoms with Crippen molar-refractivity contribution in [2.24, 2.45) is 4.99 Å². The van der Waals surface area contributed by atoms with E-state index in [0.717, 1.165) is 0 Å². The number of aliphatic imine (C=N–C) groups is 1. The van der Waals surface area contributed by atoms with Crippen molar-refractivity contribution in [2.45, 2.75) is 6.92 Å². The first kappa shape index (κ1) is 8.43. The Bertz CT molecular complexity index is 306. The van der Waals surface area contributed by atoms with Crippen LogP contribution in [0, 0.1) is 0 Å². The monoisotopic (exact) mass is 164 g/mol. The lowest BCUT2D eigenvalue weighted by Gasteiger charge is -2.01. The van der Waals surface area contributed by atoms with Gasteiger partial charge in [-0.25, -0.2) is 9.78 Å². The summed E-state index contributed by atoms with van der Waals surface area (Å²) in [7, 11) is 0. The van der Waals surface area contributed by atoms with Gasteiger partial charge in [0.25, 0.3) is 0 Å². The third kappa shape index (κ3) is 1.90. The standard InChI is InChI=1S/C8H8N2O2/c1-2-12-8-7(10-6-11)4-3-5-9-8/h3-5H,2H2,1H3. The number of aromatic nitrogens is 1. The molecular formula is C8H8N2O2. The zero-order valence-corrected chi connectivity index (χ0v) is 6.65. The molecular weight excluding hydrogens is 156 g/mol. The summed E-state index contributed by atoms with van der Waals surface area (Å²) < 4.78 is 5.11. The summed E-state index contributed by atoms with van der Waals surface area (Å²) in [5.41, 5.74) is 0.411. The van der Waals surface area contributed by atoms with Crippen molar-refractivity contribution in [3.8, 4) is 5.88 Å². The van der Waals surface area contributed by atoms with Crippen LogP contribution in [-0.2, 0) is 4.79 Å². The van der Waals surface area contributed by atoms with E-state index in [1.54, 1.807) is 18.3 Å². The van der Waals surface area contributed by atoms with Gasteiger partial charge in [0.1, 0.15) is 5.69 Å². The highest BCUT2D eigenvalue weighted by atomic mass is 16.5. The number of nitrogens with zero attached hydrogens (tertiary/aromatic N) is 2. The predicted molar refractivity (Wildman–Crippen MR) is 43.2 cm³/mol. The van der Waals surface area contributed by atoms with Gasteiger partial charge in [-0.3, -0.25) is 0 Å². The SMILES string of the molecule is CCOc1ncccc1N=C=O. The Morgan fingerprint density at radius 1 is 1.75 bits per heavy atom. The van der Waals surface area contributed by atoms with Crippen molar-refractivity contribution in [2.75, 3.05) is 6.61 Å². The smallest absolute Gasteiger partial charge is 0.240 e. The maximum Gasteiger partial charge on any atom is 0.240 e. The van der Waals surface area contributed by atoms with Crippen LogP contribution in [0.1, 0.15) is 6.92 Å². The summed E-state index contributed by atoms with van der Waals surface area (Å²) in [4.78, 5) is 17.3. The highest BCUT2D eigenvalue weighted by molar-refractivity contribution is 5.54. The summed E-state index contributed by atoms with van der Waals surface area (Å²) >= 11 is 0. The molecule has 12 heavy (non-hydrogen) atoms. The summed E-state index contributed by atoms with van der Waals surface area (Å²) in [5, 5.41) is 0. The van der Waals surface area contributed by atoms with Crippen molar-refractivity contribution in [1.29, 1.82) is 0 Å². The fraction of sp³-hybridized carbons (Fsp3) is 0.250. The molecule has 62 valence electrons. The maximum atomic E-state index is 9.96. The van der Waals surface area contributed by atoms with Crippen molar-refractivity contribution in [3.05, 3.63) is 18.3 Å². The first-order valence-electron chi connectivity index (χ1n) is 3.54. The van der Waals surface area contributed by atoms with Gasteiger partial charge in [0.15, 0.2) is 0 Å². The van der Waals surface area contributed by atoms with E-state index in [1.165, 1.54) is 6.08 Å². The van der Waals surface area contributed by atoms with E-state index in [0.29, 0.717) is 18.2 Å². The topological polar surface area (TPSA) is 51.6 Å². The van der Waals surface area contributed by atoms with Gasteiger partial charge in [-0.05, 0) is 19.1 Å². The first-order valence-corrected chi connectivity index (χ1v) is 3.54. The molecule has 0 aliphatic heterocycles. The van der Waals surface area contributed by atoms with Crippen LogP contribution in [0.25, 0.3) is 0 Å². The third-order valence-electron chi connectivity index (χ3n) is 1.20. The molecule has 1 heterocycles. The molecule has 0 bridgehead atoms. The van der Waals surface area contributed by atoms with Crippen molar-refractivity contribution < 1.29 is 9.53 Å². The minimum absolute atomic E-state index is 0.364. The summed E-state index contributed by atoms with van der Waals surface area (Å²) in [6.07, 6.45) is 3.02. The minimum atomic E-state index is 0.364. The molecule has 0 aliphatic rings. The normalized spacial score (nSPS) is 8.75. The van der Waals surface area contributed by atoms with Crippen LogP contribution >= 0.6 is 0 Å². The van der Waals surface area contributed by atoms with Crippen LogP contribution in [0.2, 0.25) is 0 Å². The summed E-state index contributed by atoms with van der Waals surface area (Å²) in [6, 6.07) is 3.32. The van der Waals surface area contributed by atoms with Crippen molar-refractivity contribution in [3.63, 3.8) is 0 Å². The van der Waals surface area contributed by atoms with E-state index >= 15 is 0 Å². The molecule has 0 unspecified atom stereocenters. The van der Waals surface area contributed by atoms with E-state index in [9.17, 15) is 4.79 Å². The lowest BCUT2D eigenvalue weighted by atomic mass is 10.4. The van der Waals surface area contributed by atoms with Gasteiger partial charge in [0.05, 0.1) is 6.61 Å². The van der Waals surface area contributed by atoms with Crippen LogP contribution < -0.4 is 4.74 Å². The van der Waals surface area contributed by atoms with Crippen molar-refractivity contribution >= 4 is 11.8 Å². The molecule has 4 heteroatoms. The highest BCUT2D eigenvalue weighted by Gasteiger charge is 2.00. The van der Waals surface area contributed by atoms with E-state index in [-0.39, 0.29) is 0 Å². The molecule has 0 saturated carbocycles. The van der Waals surface area contributed by atoms with Gasteiger partial charge >= 0.3 is 0 Å². The Balaban J connectivity index is 2.99. The Labute approximate surface area is 69.9 Å². The number of isocyanates is 1. The van der Waals surface area contributed by atoms with Gasteiger partial charge in [0.2, 0.25) is 12.0 Å². The molecule has 1 aromatic heterocycles. The molecule has 0 aliphatic carbocycles. The maximum absolute atomic E-state index is 9.96. The van der Waals surface area contributed by atoms with Crippen LogP contribution in [0.4, 0.5) is 5.69 Å². The molecule has 1 rings (SSSR count). The van der Waals surface area contributed by atoms with Crippen LogP contribution in [0.3, 0.4) is 0 Å². The number of ether oxygens (including phenoxy) is 1. The molecule has 0 N–H and O–H groups in total. The molecule has 0 aromatic carbocycles. The van der Waals surface area contributed by atoms with E-state index in [1.807, 2.05) is 6.92 Å². The Kier molecular flexibility index (Phi) is 2.99. The average Bonchev–Trinajstić information content (AvgIpc) is 2.09. The van der Waals surface area contributed by atoms with Gasteiger partial charge in [-0.15, -0.1) is 0 Å². The molecule has 0 atom stereocenters. The number of hydrogen-bond donors (Lipinski definition) is 0. The largest absolute Gasteiger partial charge is 0.476 e. The number of pyridine rings is 1. The minimum Gasteiger partial charge on any atom is -0.476 e. The summed E-state index contributed by atoms with van der Waals surface area (Å²) in [6.45, 7) is 2.33. The number of hydrogen-bond acceptors (Lipinski definition) is 4. The molecule has 0 radical (unpaired) electrons. The van der Waals surface area contributed by atoms with Crippen LogP contribution in [0.15, 0.2) is 23.3 Å². The zero-order valence-electron chi connectivity index (χ0n) is 6.65. The fourth-order valence-corrected chi connectivity index (χ4v) is 0.765. The highest BCUT2D eigenvalue weighted by Crippen LogP contribution is 2.22. The molecule has 0 saturated heterocycles. The second-order valence-electron chi connectivity index (χ2n) is 1.96. The number of rotatable bonds is 3. The molecule has 0 amide bonds. The lowest BCUT2D eigenvalue weighted by molar-refractivity contribution is 0.328. The Morgan fingerprint density at radius 3 is 3.25 bits per heavy atom. The third-order valence-corrected chi connectivity index (χ3v) is 1.20. The lowest BCUT2D eigenvalue weighted by Crippen LogP contribution is -1.93. The zero-order chi connectivity index (χ0) is 8.81. The first-order chi connectivity index (χ1) is 5.88.